The molecule has 1 saturated carbocycles. The smallest absolute Gasteiger partial charge is 0.218 e. The Kier molecular flexibility index (Phi) is 10.8. The summed E-state index contributed by atoms with van der Waals surface area (Å²) in [4.78, 5) is 15.2. The zero-order valence-electron chi connectivity index (χ0n) is 29.0. The summed E-state index contributed by atoms with van der Waals surface area (Å²) >= 11 is 1.78. The van der Waals surface area contributed by atoms with E-state index >= 15 is 0 Å². The van der Waals surface area contributed by atoms with Gasteiger partial charge in [-0.05, 0) is 62.0 Å². The number of nitrogens with zero attached hydrogens (tertiary/aromatic N) is 2. The van der Waals surface area contributed by atoms with Crippen molar-refractivity contribution in [1.29, 1.82) is 0 Å². The molecule has 2 aliphatic heterocycles. The van der Waals surface area contributed by atoms with Crippen molar-refractivity contribution in [3.8, 4) is 0 Å². The third-order valence-electron chi connectivity index (χ3n) is 10.3. The molecule has 0 radical (unpaired) electrons. The van der Waals surface area contributed by atoms with Crippen LogP contribution in [-0.4, -0.2) is 36.0 Å². The Bertz CT molecular complexity index is 1590. The first kappa shape index (κ1) is 34.0. The third-order valence-corrected chi connectivity index (χ3v) is 11.6. The molecule has 1 fully saturated rings. The number of hydrogen-bond donors (Lipinski definition) is 1. The molecule has 46 heavy (non-hydrogen) atoms. The molecule has 0 unspecified atom stereocenters. The van der Waals surface area contributed by atoms with Gasteiger partial charge in [-0.3, -0.25) is 4.79 Å². The van der Waals surface area contributed by atoms with E-state index in [4.69, 9.17) is 5.73 Å². The number of para-hydroxylation sites is 2. The maximum atomic E-state index is 11.6. The molecule has 2 aliphatic carbocycles. The fourth-order valence-electron chi connectivity index (χ4n) is 7.68. The minimum absolute atomic E-state index is 0.0624. The van der Waals surface area contributed by atoms with Gasteiger partial charge in [0.2, 0.25) is 11.6 Å². The van der Waals surface area contributed by atoms with Crippen LogP contribution in [0.1, 0.15) is 103 Å². The van der Waals surface area contributed by atoms with Gasteiger partial charge in [-0.25, -0.2) is 0 Å². The average Bonchev–Trinajstić information content (AvgIpc) is 3.37. The Balaban J connectivity index is 0.000000624. The van der Waals surface area contributed by atoms with Crippen molar-refractivity contribution in [2.75, 3.05) is 24.7 Å². The first-order valence-corrected chi connectivity index (χ1v) is 18.3. The fourth-order valence-corrected chi connectivity index (χ4v) is 8.90. The van der Waals surface area contributed by atoms with E-state index in [1.807, 2.05) is 0 Å². The highest BCUT2D eigenvalue weighted by molar-refractivity contribution is 8.03. The van der Waals surface area contributed by atoms with Crippen LogP contribution in [0.5, 0.6) is 0 Å². The predicted molar refractivity (Wildman–Crippen MR) is 198 cm³/mol. The van der Waals surface area contributed by atoms with Gasteiger partial charge in [-0.2, -0.15) is 4.58 Å². The topological polar surface area (TPSA) is 49.3 Å². The maximum absolute atomic E-state index is 11.6. The van der Waals surface area contributed by atoms with E-state index in [1.54, 1.807) is 11.8 Å². The summed E-state index contributed by atoms with van der Waals surface area (Å²) in [5, 5.41) is 0. The number of nitrogens with two attached hydrogens (primary N) is 1. The summed E-state index contributed by atoms with van der Waals surface area (Å²) in [7, 11) is 4.33. The van der Waals surface area contributed by atoms with Crippen LogP contribution in [0.15, 0.2) is 94.6 Å². The van der Waals surface area contributed by atoms with Gasteiger partial charge < -0.3 is 10.6 Å². The number of hydrogen-bond acceptors (Lipinski definition) is 3. The Hall–Kier alpha value is -3.31. The Labute approximate surface area is 282 Å². The lowest BCUT2D eigenvalue weighted by Crippen LogP contribution is -2.26. The highest BCUT2D eigenvalue weighted by Crippen LogP contribution is 2.47. The van der Waals surface area contributed by atoms with Gasteiger partial charge >= 0.3 is 0 Å². The van der Waals surface area contributed by atoms with Crippen LogP contribution in [0, 0.1) is 0 Å². The highest BCUT2D eigenvalue weighted by Gasteiger charge is 2.42. The van der Waals surface area contributed by atoms with Gasteiger partial charge in [0.05, 0.1) is 5.41 Å². The molecule has 2 aromatic rings. The fraction of sp³-hybridized carbons (Fsp3) is 0.463. The van der Waals surface area contributed by atoms with Crippen molar-refractivity contribution in [3.63, 3.8) is 0 Å². The van der Waals surface area contributed by atoms with Crippen LogP contribution in [0.3, 0.4) is 0 Å². The number of carbonyl (C=O) groups excluding carboxylic acids is 1. The van der Waals surface area contributed by atoms with Gasteiger partial charge in [0, 0.05) is 58.6 Å². The number of fused-ring (bicyclic) bond motifs is 2. The zero-order valence-corrected chi connectivity index (χ0v) is 29.8. The third kappa shape index (κ3) is 7.15. The Morgan fingerprint density at radius 3 is 2.11 bits per heavy atom. The van der Waals surface area contributed by atoms with Crippen molar-refractivity contribution >= 4 is 34.8 Å². The van der Waals surface area contributed by atoms with Crippen molar-refractivity contribution in [3.05, 3.63) is 106 Å². The normalized spacial score (nSPS) is 21.9. The second-order valence-corrected chi connectivity index (χ2v) is 15.4. The second kappa shape index (κ2) is 14.6. The zero-order chi connectivity index (χ0) is 32.9. The van der Waals surface area contributed by atoms with Crippen molar-refractivity contribution in [2.24, 2.45) is 5.73 Å². The maximum Gasteiger partial charge on any atom is 0.218 e. The van der Waals surface area contributed by atoms with E-state index < -0.39 is 0 Å². The minimum atomic E-state index is -0.247. The number of thioether (sulfide) groups is 1. The molecule has 2 aromatic carbocycles. The number of benzene rings is 2. The molecule has 0 saturated heterocycles. The van der Waals surface area contributed by atoms with Crippen LogP contribution < -0.4 is 10.6 Å². The Morgan fingerprint density at radius 1 is 0.848 bits per heavy atom. The van der Waals surface area contributed by atoms with Crippen molar-refractivity contribution in [2.45, 2.75) is 103 Å². The standard InChI is InChI=1S/C35H41N3OS.C6H12/c1-34(2)26-14-7-9-16-28(26)37(5)30(34)20-18-24-12-11-13-25(33(24)40-23-22-32(36)39)19-21-31-35(3,4)27-15-8-10-17-29(27)38(31)6;1-2-4-6-5-3-1/h7-10,14-21H,11-13,22-23H2,1-6H3,(H-,36,39);1-6H2/p+1. The van der Waals surface area contributed by atoms with E-state index in [0.717, 1.165) is 19.3 Å². The molecule has 0 spiro atoms. The van der Waals surface area contributed by atoms with Crippen LogP contribution >= 0.6 is 11.8 Å². The molecule has 0 atom stereocenters. The quantitative estimate of drug-likeness (QED) is 0.308. The second-order valence-electron chi connectivity index (χ2n) is 14.3. The van der Waals surface area contributed by atoms with E-state index in [-0.39, 0.29) is 16.7 Å². The highest BCUT2D eigenvalue weighted by atomic mass is 32.2. The number of amides is 1. The first-order chi connectivity index (χ1) is 22.0. The summed E-state index contributed by atoms with van der Waals surface area (Å²) in [6.07, 6.45) is 21.8. The summed E-state index contributed by atoms with van der Waals surface area (Å²) in [5.74, 6) is 0.448. The molecular weight excluding hydrogens is 583 g/mol. The van der Waals surface area contributed by atoms with Crippen LogP contribution in [-0.2, 0) is 15.6 Å². The molecule has 244 valence electrons. The van der Waals surface area contributed by atoms with E-state index in [1.165, 1.54) is 88.5 Å². The van der Waals surface area contributed by atoms with Gasteiger partial charge in [0.1, 0.15) is 7.05 Å². The number of anilines is 1. The SMILES string of the molecule is C1CCCCC1.CN1/C(=C/C=C2\CCCC(/C=C/C3=[N+](C)c4ccccc4C3(C)C)=C2SCCC(N)=O)C(C)(C)c2ccccc21. The average molecular weight is 637 g/mol. The van der Waals surface area contributed by atoms with Crippen molar-refractivity contribution in [1.82, 2.24) is 0 Å². The summed E-state index contributed by atoms with van der Waals surface area (Å²) in [6.45, 7) is 9.23. The molecule has 1 amide bonds. The van der Waals surface area contributed by atoms with Gasteiger partial charge in [-0.15, -0.1) is 11.8 Å². The Morgan fingerprint density at radius 2 is 1.48 bits per heavy atom. The largest absolute Gasteiger partial charge is 0.370 e. The van der Waals surface area contributed by atoms with E-state index in [0.29, 0.717) is 12.2 Å². The molecule has 6 rings (SSSR count). The van der Waals surface area contributed by atoms with Gasteiger partial charge in [0.15, 0.2) is 5.71 Å². The number of likely N-dealkylation sites (N-methyl/N-ethyl adjacent to an activating group) is 1. The van der Waals surface area contributed by atoms with Crippen LogP contribution in [0.25, 0.3) is 0 Å². The molecular formula is C41H54N3OS+. The lowest BCUT2D eigenvalue weighted by Gasteiger charge is -2.25. The summed E-state index contributed by atoms with van der Waals surface area (Å²) in [5.41, 5.74) is 16.0. The van der Waals surface area contributed by atoms with Crippen molar-refractivity contribution < 1.29 is 9.37 Å². The van der Waals surface area contributed by atoms with E-state index in [2.05, 4.69) is 124 Å². The lowest BCUT2D eigenvalue weighted by atomic mass is 9.81. The molecule has 5 heteroatoms. The van der Waals surface area contributed by atoms with Gasteiger partial charge in [0.25, 0.3) is 0 Å². The van der Waals surface area contributed by atoms with Crippen LogP contribution in [0.4, 0.5) is 11.4 Å². The number of allylic oxidation sites excluding steroid dienone is 7. The minimum Gasteiger partial charge on any atom is -0.370 e. The monoisotopic (exact) mass is 636 g/mol. The van der Waals surface area contributed by atoms with Gasteiger partial charge in [-0.1, -0.05) is 101 Å². The number of primary amides is 1. The molecule has 2 heterocycles. The lowest BCUT2D eigenvalue weighted by molar-refractivity contribution is -0.401. The number of rotatable bonds is 7. The predicted octanol–water partition coefficient (Wildman–Crippen LogP) is 9.87. The van der Waals surface area contributed by atoms with E-state index in [9.17, 15) is 4.79 Å². The number of carbonyl (C=O) groups is 1. The molecule has 2 N–H and O–H groups in total. The first-order valence-electron chi connectivity index (χ1n) is 17.3. The molecule has 4 aliphatic rings. The van der Waals surface area contributed by atoms with Crippen LogP contribution in [0.2, 0.25) is 0 Å². The molecule has 0 bridgehead atoms. The molecule has 0 aromatic heterocycles. The summed E-state index contributed by atoms with van der Waals surface area (Å²) in [6, 6.07) is 17.4. The molecule has 4 nitrogen and oxygen atoms in total. The summed E-state index contributed by atoms with van der Waals surface area (Å²) < 4.78 is 2.33.